The Bertz CT molecular complexity index is 1270. The number of ether oxygens (including phenoxy) is 1. The summed E-state index contributed by atoms with van der Waals surface area (Å²) < 4.78 is 4.98. The predicted octanol–water partition coefficient (Wildman–Crippen LogP) is 3.92. The van der Waals surface area contributed by atoms with Gasteiger partial charge in [-0.05, 0) is 36.2 Å². The second kappa shape index (κ2) is 8.48. The SMILES string of the molecule is COc1ccc(C(=O)C[C@]2(O)C(=O)N(Cc3ccccc3C)c3ccccc32)cc1[N+](=O)[O-]. The highest BCUT2D eigenvalue weighted by atomic mass is 16.6. The Balaban J connectivity index is 1.68. The number of nitro groups is 1. The zero-order valence-electron chi connectivity index (χ0n) is 18.1. The molecule has 1 atom stereocenters. The van der Waals surface area contributed by atoms with E-state index in [9.17, 15) is 24.8 Å². The summed E-state index contributed by atoms with van der Waals surface area (Å²) in [6, 6.07) is 18.2. The lowest BCUT2D eigenvalue weighted by Gasteiger charge is -2.23. The number of ketones is 1. The number of nitrogens with zero attached hydrogens (tertiary/aromatic N) is 2. The summed E-state index contributed by atoms with van der Waals surface area (Å²) in [6.07, 6.45) is -0.545. The molecule has 8 nitrogen and oxygen atoms in total. The number of fused-ring (bicyclic) bond motifs is 1. The number of carbonyl (C=O) groups is 2. The molecule has 4 rings (SSSR count). The molecule has 0 bridgehead atoms. The van der Waals surface area contributed by atoms with Gasteiger partial charge >= 0.3 is 5.69 Å². The number of hydrogen-bond donors (Lipinski definition) is 1. The Hall–Kier alpha value is -4.04. The molecule has 8 heteroatoms. The van der Waals surface area contributed by atoms with Gasteiger partial charge in [0.25, 0.3) is 5.91 Å². The van der Waals surface area contributed by atoms with Crippen molar-refractivity contribution in [3.8, 4) is 5.75 Å². The molecule has 0 radical (unpaired) electrons. The third-order valence-corrected chi connectivity index (χ3v) is 5.94. The first-order chi connectivity index (χ1) is 15.8. The fourth-order valence-corrected chi connectivity index (χ4v) is 4.13. The van der Waals surface area contributed by atoms with E-state index in [0.29, 0.717) is 11.3 Å². The van der Waals surface area contributed by atoms with Crippen LogP contribution in [0, 0.1) is 17.0 Å². The van der Waals surface area contributed by atoms with E-state index in [1.165, 1.54) is 24.1 Å². The maximum Gasteiger partial charge on any atom is 0.311 e. The van der Waals surface area contributed by atoms with Gasteiger partial charge in [-0.15, -0.1) is 0 Å². The summed E-state index contributed by atoms with van der Waals surface area (Å²) in [5, 5.41) is 22.8. The lowest BCUT2D eigenvalue weighted by Crippen LogP contribution is -2.41. The highest BCUT2D eigenvalue weighted by Crippen LogP contribution is 2.44. The Morgan fingerprint density at radius 3 is 2.52 bits per heavy atom. The van der Waals surface area contributed by atoms with Crippen molar-refractivity contribution >= 4 is 23.1 Å². The van der Waals surface area contributed by atoms with E-state index in [-0.39, 0.29) is 23.5 Å². The van der Waals surface area contributed by atoms with Crippen LogP contribution in [-0.2, 0) is 16.9 Å². The van der Waals surface area contributed by atoms with E-state index in [1.807, 2.05) is 31.2 Å². The molecule has 1 heterocycles. The van der Waals surface area contributed by atoms with E-state index in [1.54, 1.807) is 24.3 Å². The van der Waals surface area contributed by atoms with Crippen LogP contribution in [-0.4, -0.2) is 28.8 Å². The Morgan fingerprint density at radius 1 is 1.12 bits per heavy atom. The van der Waals surface area contributed by atoms with E-state index in [4.69, 9.17) is 4.74 Å². The van der Waals surface area contributed by atoms with E-state index in [2.05, 4.69) is 0 Å². The molecular weight excluding hydrogens is 424 g/mol. The molecule has 0 aromatic heterocycles. The molecule has 0 aliphatic carbocycles. The molecule has 1 aliphatic heterocycles. The molecule has 0 spiro atoms. The van der Waals surface area contributed by atoms with Crippen molar-refractivity contribution in [1.82, 2.24) is 0 Å². The van der Waals surface area contributed by atoms with Gasteiger partial charge in [-0.25, -0.2) is 0 Å². The molecule has 0 unspecified atom stereocenters. The van der Waals surface area contributed by atoms with Crippen LogP contribution in [0.3, 0.4) is 0 Å². The van der Waals surface area contributed by atoms with E-state index < -0.39 is 28.6 Å². The highest BCUT2D eigenvalue weighted by Gasteiger charge is 2.50. The lowest BCUT2D eigenvalue weighted by atomic mass is 9.88. The third kappa shape index (κ3) is 3.85. The van der Waals surface area contributed by atoms with Crippen molar-refractivity contribution < 1.29 is 24.4 Å². The predicted molar refractivity (Wildman–Crippen MR) is 121 cm³/mol. The van der Waals surface area contributed by atoms with Gasteiger partial charge < -0.3 is 14.7 Å². The van der Waals surface area contributed by atoms with Crippen molar-refractivity contribution in [2.45, 2.75) is 25.5 Å². The molecule has 1 amide bonds. The number of benzene rings is 3. The molecule has 33 heavy (non-hydrogen) atoms. The summed E-state index contributed by atoms with van der Waals surface area (Å²) in [6.45, 7) is 2.18. The second-order valence-electron chi connectivity index (χ2n) is 7.94. The monoisotopic (exact) mass is 446 g/mol. The zero-order valence-corrected chi connectivity index (χ0v) is 18.1. The largest absolute Gasteiger partial charge is 0.490 e. The minimum Gasteiger partial charge on any atom is -0.490 e. The number of Topliss-reactive ketones (excluding diaryl/α,β-unsaturated/α-hetero) is 1. The van der Waals surface area contributed by atoms with Crippen LogP contribution in [0.25, 0.3) is 0 Å². The fourth-order valence-electron chi connectivity index (χ4n) is 4.13. The first kappa shape index (κ1) is 22.2. The number of carbonyl (C=O) groups excluding carboxylic acids is 2. The van der Waals surface area contributed by atoms with Crippen LogP contribution in [0.2, 0.25) is 0 Å². The molecular formula is C25H22N2O6. The van der Waals surface area contributed by atoms with Crippen LogP contribution >= 0.6 is 0 Å². The van der Waals surface area contributed by atoms with Crippen molar-refractivity contribution in [3.63, 3.8) is 0 Å². The first-order valence-electron chi connectivity index (χ1n) is 10.3. The Kier molecular flexibility index (Phi) is 5.69. The van der Waals surface area contributed by atoms with Crippen LogP contribution in [0.5, 0.6) is 5.75 Å². The molecule has 3 aromatic rings. The number of para-hydroxylation sites is 1. The zero-order chi connectivity index (χ0) is 23.8. The third-order valence-electron chi connectivity index (χ3n) is 5.94. The van der Waals surface area contributed by atoms with Gasteiger partial charge in [-0.3, -0.25) is 19.7 Å². The molecule has 168 valence electrons. The molecule has 0 saturated heterocycles. The Morgan fingerprint density at radius 2 is 1.82 bits per heavy atom. The number of amides is 1. The topological polar surface area (TPSA) is 110 Å². The second-order valence-corrected chi connectivity index (χ2v) is 7.94. The van der Waals surface area contributed by atoms with Gasteiger partial charge in [-0.2, -0.15) is 0 Å². The number of aryl methyl sites for hydroxylation is 1. The van der Waals surface area contributed by atoms with Crippen molar-refractivity contribution in [3.05, 3.63) is 99.1 Å². The van der Waals surface area contributed by atoms with Gasteiger partial charge in [0, 0.05) is 17.2 Å². The summed E-state index contributed by atoms with van der Waals surface area (Å²) in [5.74, 6) is -1.19. The molecule has 3 aromatic carbocycles. The molecule has 1 aliphatic rings. The van der Waals surface area contributed by atoms with Gasteiger partial charge in [-0.1, -0.05) is 42.5 Å². The average Bonchev–Trinajstić information content (AvgIpc) is 3.01. The standard InChI is InChI=1S/C25H22N2O6/c1-16-7-3-4-8-18(16)15-26-20-10-6-5-9-19(20)25(30,24(26)29)14-22(28)17-11-12-23(33-2)21(13-17)27(31)32/h3-13,30H,14-15H2,1-2H3/t25-/m1/s1. The van der Waals surface area contributed by atoms with Crippen LogP contribution in [0.15, 0.2) is 66.7 Å². The normalized spacial score (nSPS) is 17.1. The average molecular weight is 446 g/mol. The number of methoxy groups -OCH3 is 1. The number of hydrogen-bond acceptors (Lipinski definition) is 6. The van der Waals surface area contributed by atoms with Gasteiger partial charge in [0.2, 0.25) is 0 Å². The molecule has 0 saturated carbocycles. The van der Waals surface area contributed by atoms with E-state index in [0.717, 1.165) is 17.2 Å². The van der Waals surface area contributed by atoms with Crippen molar-refractivity contribution in [2.75, 3.05) is 12.0 Å². The number of nitro benzene ring substituents is 1. The first-order valence-corrected chi connectivity index (χ1v) is 10.3. The van der Waals surface area contributed by atoms with Gasteiger partial charge in [0.15, 0.2) is 17.1 Å². The smallest absolute Gasteiger partial charge is 0.311 e. The summed E-state index contributed by atoms with van der Waals surface area (Å²) in [7, 11) is 1.30. The van der Waals surface area contributed by atoms with Crippen LogP contribution in [0.1, 0.15) is 33.5 Å². The van der Waals surface area contributed by atoms with Gasteiger partial charge in [0.1, 0.15) is 0 Å². The highest BCUT2D eigenvalue weighted by molar-refractivity contribution is 6.10. The van der Waals surface area contributed by atoms with Crippen molar-refractivity contribution in [2.24, 2.45) is 0 Å². The summed E-state index contributed by atoms with van der Waals surface area (Å²) in [4.78, 5) is 38.7. The van der Waals surface area contributed by atoms with Crippen LogP contribution < -0.4 is 9.64 Å². The number of aliphatic hydroxyl groups is 1. The number of anilines is 1. The fraction of sp³-hybridized carbons (Fsp3) is 0.200. The Labute approximate surface area is 190 Å². The summed E-state index contributed by atoms with van der Waals surface area (Å²) in [5.41, 5.74) is 0.349. The summed E-state index contributed by atoms with van der Waals surface area (Å²) >= 11 is 0. The molecule has 0 fully saturated rings. The maximum atomic E-state index is 13.4. The van der Waals surface area contributed by atoms with Gasteiger partial charge in [0.05, 0.1) is 30.7 Å². The van der Waals surface area contributed by atoms with E-state index >= 15 is 0 Å². The minimum atomic E-state index is -2.08. The quantitative estimate of drug-likeness (QED) is 0.335. The van der Waals surface area contributed by atoms with Crippen molar-refractivity contribution in [1.29, 1.82) is 0 Å². The maximum absolute atomic E-state index is 13.4. The molecule has 1 N–H and O–H groups in total. The minimum absolute atomic E-state index is 0.0126. The lowest BCUT2D eigenvalue weighted by molar-refractivity contribution is -0.385. The van der Waals surface area contributed by atoms with Crippen LogP contribution in [0.4, 0.5) is 11.4 Å². The number of rotatable bonds is 7.